The first-order valence-electron chi connectivity index (χ1n) is 10.0. The van der Waals surface area contributed by atoms with Crippen molar-refractivity contribution < 1.29 is 28.6 Å². The number of fused-ring (bicyclic) bond motifs is 2. The third kappa shape index (κ3) is 3.98. The van der Waals surface area contributed by atoms with Crippen molar-refractivity contribution in [1.82, 2.24) is 4.90 Å². The Morgan fingerprint density at radius 1 is 1.12 bits per heavy atom. The summed E-state index contributed by atoms with van der Waals surface area (Å²) in [6.07, 6.45) is 1.64. The van der Waals surface area contributed by atoms with E-state index in [0.29, 0.717) is 28.5 Å². The zero-order chi connectivity index (χ0) is 22.9. The average molecular weight is 462 g/mol. The summed E-state index contributed by atoms with van der Waals surface area (Å²) in [5.41, 5.74) is 1.18. The molecule has 0 saturated carbocycles. The Labute approximate surface area is 193 Å². The number of rotatable bonds is 5. The highest BCUT2D eigenvalue weighted by atomic mass is 32.2. The highest BCUT2D eigenvalue weighted by Gasteiger charge is 2.36. The molecule has 0 atom stereocenters. The Morgan fingerprint density at radius 3 is 2.79 bits per heavy atom. The molecule has 5 rings (SSSR count). The first-order chi connectivity index (χ1) is 16.0. The Hall–Kier alpha value is -3.98. The standard InChI is InChI=1S/C24H18N2O6S/c1-30-18-8-6-14-4-2-3-5-16(14)17(18)11-21-23(28)26(24(29)33-21)12-22(27)25-15-7-9-19-20(10-15)32-13-31-19/h2-11H,12-13H2,1H3,(H,25,27)/b21-11+. The number of hydrogen-bond acceptors (Lipinski definition) is 7. The highest BCUT2D eigenvalue weighted by molar-refractivity contribution is 8.18. The number of thioether (sulfide) groups is 1. The minimum atomic E-state index is -0.527. The molecule has 0 aromatic heterocycles. The van der Waals surface area contributed by atoms with Crippen LogP contribution in [0.4, 0.5) is 10.5 Å². The van der Waals surface area contributed by atoms with Gasteiger partial charge in [0.1, 0.15) is 12.3 Å². The van der Waals surface area contributed by atoms with E-state index in [0.717, 1.165) is 27.4 Å². The summed E-state index contributed by atoms with van der Waals surface area (Å²) in [4.78, 5) is 39.2. The smallest absolute Gasteiger partial charge is 0.294 e. The average Bonchev–Trinajstić information content (AvgIpc) is 3.39. The minimum Gasteiger partial charge on any atom is -0.496 e. The molecule has 0 spiro atoms. The van der Waals surface area contributed by atoms with Crippen molar-refractivity contribution in [1.29, 1.82) is 0 Å². The number of amides is 3. The number of ether oxygens (including phenoxy) is 3. The van der Waals surface area contributed by atoms with Gasteiger partial charge in [0.25, 0.3) is 11.1 Å². The van der Waals surface area contributed by atoms with E-state index in [9.17, 15) is 14.4 Å². The summed E-state index contributed by atoms with van der Waals surface area (Å²) < 4.78 is 16.0. The lowest BCUT2D eigenvalue weighted by molar-refractivity contribution is -0.127. The normalized spacial score (nSPS) is 16.0. The first kappa shape index (κ1) is 20.9. The molecule has 3 amide bonds. The molecule has 166 valence electrons. The van der Waals surface area contributed by atoms with Gasteiger partial charge in [-0.3, -0.25) is 19.3 Å². The van der Waals surface area contributed by atoms with Gasteiger partial charge >= 0.3 is 0 Å². The van der Waals surface area contributed by atoms with E-state index in [-0.39, 0.29) is 11.7 Å². The van der Waals surface area contributed by atoms with Crippen molar-refractivity contribution in [3.05, 3.63) is 65.1 Å². The lowest BCUT2D eigenvalue weighted by Crippen LogP contribution is -2.36. The molecule has 2 aliphatic heterocycles. The van der Waals surface area contributed by atoms with Crippen molar-refractivity contribution in [2.45, 2.75) is 0 Å². The van der Waals surface area contributed by atoms with Crippen LogP contribution in [-0.4, -0.2) is 42.4 Å². The molecule has 2 aliphatic rings. The van der Waals surface area contributed by atoms with Gasteiger partial charge in [0.2, 0.25) is 12.7 Å². The molecule has 9 heteroatoms. The summed E-state index contributed by atoms with van der Waals surface area (Å²) in [7, 11) is 1.55. The first-order valence-corrected chi connectivity index (χ1v) is 10.9. The quantitative estimate of drug-likeness (QED) is 0.567. The number of hydrogen-bond donors (Lipinski definition) is 1. The van der Waals surface area contributed by atoms with Crippen LogP contribution in [0.15, 0.2) is 59.5 Å². The maximum Gasteiger partial charge on any atom is 0.294 e. The van der Waals surface area contributed by atoms with Crippen molar-refractivity contribution in [3.8, 4) is 17.2 Å². The molecule has 1 N–H and O–H groups in total. The second-order valence-electron chi connectivity index (χ2n) is 7.29. The summed E-state index contributed by atoms with van der Waals surface area (Å²) >= 11 is 0.795. The summed E-state index contributed by atoms with van der Waals surface area (Å²) in [6, 6.07) is 16.4. The predicted octanol–water partition coefficient (Wildman–Crippen LogP) is 4.25. The van der Waals surface area contributed by atoms with Crippen LogP contribution < -0.4 is 19.5 Å². The largest absolute Gasteiger partial charge is 0.496 e. The third-order valence-electron chi connectivity index (χ3n) is 5.26. The lowest BCUT2D eigenvalue weighted by Gasteiger charge is -2.13. The van der Waals surface area contributed by atoms with Gasteiger partial charge in [0.05, 0.1) is 12.0 Å². The van der Waals surface area contributed by atoms with Crippen molar-refractivity contribution in [3.63, 3.8) is 0 Å². The fourth-order valence-corrected chi connectivity index (χ4v) is 4.51. The fourth-order valence-electron chi connectivity index (χ4n) is 3.69. The van der Waals surface area contributed by atoms with Gasteiger partial charge in [-0.15, -0.1) is 0 Å². The molecular weight excluding hydrogens is 444 g/mol. The van der Waals surface area contributed by atoms with E-state index in [2.05, 4.69) is 5.32 Å². The van der Waals surface area contributed by atoms with Gasteiger partial charge in [0.15, 0.2) is 11.5 Å². The van der Waals surface area contributed by atoms with E-state index in [1.807, 2.05) is 36.4 Å². The molecule has 8 nitrogen and oxygen atoms in total. The van der Waals surface area contributed by atoms with E-state index < -0.39 is 23.6 Å². The molecule has 33 heavy (non-hydrogen) atoms. The van der Waals surface area contributed by atoms with E-state index in [4.69, 9.17) is 14.2 Å². The number of carbonyl (C=O) groups is 3. The molecule has 0 aliphatic carbocycles. The molecule has 0 bridgehead atoms. The molecule has 0 radical (unpaired) electrons. The van der Waals surface area contributed by atoms with Crippen molar-refractivity contribution >= 4 is 51.4 Å². The van der Waals surface area contributed by atoms with Gasteiger partial charge in [-0.25, -0.2) is 0 Å². The fraction of sp³-hybridized carbons (Fsp3) is 0.125. The number of imide groups is 1. The molecular formula is C24H18N2O6S. The van der Waals surface area contributed by atoms with Crippen molar-refractivity contribution in [2.75, 3.05) is 25.8 Å². The second kappa shape index (κ2) is 8.51. The molecule has 1 fully saturated rings. The lowest BCUT2D eigenvalue weighted by atomic mass is 10.0. The van der Waals surface area contributed by atoms with Crippen LogP contribution in [0, 0.1) is 0 Å². The zero-order valence-electron chi connectivity index (χ0n) is 17.5. The van der Waals surface area contributed by atoms with Crippen LogP contribution in [-0.2, 0) is 9.59 Å². The van der Waals surface area contributed by atoms with E-state index in [1.165, 1.54) is 0 Å². The third-order valence-corrected chi connectivity index (χ3v) is 6.17. The number of nitrogens with one attached hydrogen (secondary N) is 1. The summed E-state index contributed by atoms with van der Waals surface area (Å²) in [6.45, 7) is -0.277. The van der Waals surface area contributed by atoms with Gasteiger partial charge in [-0.1, -0.05) is 30.3 Å². The monoisotopic (exact) mass is 462 g/mol. The van der Waals surface area contributed by atoms with Crippen molar-refractivity contribution in [2.24, 2.45) is 0 Å². The number of anilines is 1. The Morgan fingerprint density at radius 2 is 1.94 bits per heavy atom. The van der Waals surface area contributed by atoms with Gasteiger partial charge in [0, 0.05) is 17.3 Å². The van der Waals surface area contributed by atoms with Crippen LogP contribution in [0.3, 0.4) is 0 Å². The van der Waals surface area contributed by atoms with Crippen LogP contribution in [0.25, 0.3) is 16.8 Å². The van der Waals surface area contributed by atoms with Crippen LogP contribution in [0.5, 0.6) is 17.2 Å². The number of nitrogens with zero attached hydrogens (tertiary/aromatic N) is 1. The molecule has 3 aromatic rings. The van der Waals surface area contributed by atoms with Crippen LogP contribution in [0.1, 0.15) is 5.56 Å². The SMILES string of the molecule is COc1ccc2ccccc2c1/C=C1/SC(=O)N(CC(=O)Nc2ccc3c(c2)OCO3)C1=O. The van der Waals surface area contributed by atoms with Gasteiger partial charge in [-0.05, 0) is 46.8 Å². The summed E-state index contributed by atoms with van der Waals surface area (Å²) in [5, 5.41) is 4.04. The topological polar surface area (TPSA) is 94.2 Å². The molecule has 2 heterocycles. The number of methoxy groups -OCH3 is 1. The van der Waals surface area contributed by atoms with E-state index >= 15 is 0 Å². The van der Waals surface area contributed by atoms with Gasteiger partial charge in [-0.2, -0.15) is 0 Å². The van der Waals surface area contributed by atoms with Gasteiger partial charge < -0.3 is 19.5 Å². The zero-order valence-corrected chi connectivity index (χ0v) is 18.3. The van der Waals surface area contributed by atoms with Crippen LogP contribution >= 0.6 is 11.8 Å². The molecule has 1 saturated heterocycles. The Bertz CT molecular complexity index is 1340. The van der Waals surface area contributed by atoms with Crippen LogP contribution in [0.2, 0.25) is 0 Å². The molecule has 3 aromatic carbocycles. The second-order valence-corrected chi connectivity index (χ2v) is 8.28. The highest BCUT2D eigenvalue weighted by Crippen LogP contribution is 2.37. The molecule has 0 unspecified atom stereocenters. The minimum absolute atomic E-state index is 0.122. The van der Waals surface area contributed by atoms with E-state index in [1.54, 1.807) is 31.4 Å². The maximum atomic E-state index is 13.0. The Kier molecular flexibility index (Phi) is 5.39. The predicted molar refractivity (Wildman–Crippen MR) is 124 cm³/mol. The maximum absolute atomic E-state index is 13.0. The summed E-state index contributed by atoms with van der Waals surface area (Å²) in [5.74, 6) is 0.668. The number of benzene rings is 3. The number of carbonyl (C=O) groups excluding carboxylic acids is 3. The Balaban J connectivity index is 1.36.